The minimum absolute atomic E-state index is 0.161. The van der Waals surface area contributed by atoms with E-state index in [4.69, 9.17) is 11.1 Å². The minimum Gasteiger partial charge on any atom is -0.384 e. The fraction of sp³-hybridized carbons (Fsp3) is 0. The van der Waals surface area contributed by atoms with Crippen LogP contribution >= 0.6 is 0 Å². The molecule has 4 nitrogen and oxygen atoms in total. The Labute approximate surface area is 121 Å². The summed E-state index contributed by atoms with van der Waals surface area (Å²) in [5.41, 5.74) is 7.95. The van der Waals surface area contributed by atoms with Gasteiger partial charge in [-0.25, -0.2) is 9.07 Å². The number of nitrogens with one attached hydrogen (secondary N) is 1. The van der Waals surface area contributed by atoms with Gasteiger partial charge in [-0.05, 0) is 23.8 Å². The topological polar surface area (TPSA) is 67.7 Å². The second-order valence-corrected chi connectivity index (χ2v) is 4.62. The Hall–Kier alpha value is -2.95. The molecule has 21 heavy (non-hydrogen) atoms. The van der Waals surface area contributed by atoms with E-state index in [0.717, 1.165) is 11.1 Å². The molecule has 0 bridgehead atoms. The Morgan fingerprint density at radius 3 is 2.52 bits per heavy atom. The molecule has 0 saturated heterocycles. The third-order valence-corrected chi connectivity index (χ3v) is 3.20. The number of amidine groups is 1. The van der Waals surface area contributed by atoms with Crippen LogP contribution in [-0.4, -0.2) is 15.6 Å². The molecule has 0 spiro atoms. The Kier molecular flexibility index (Phi) is 3.23. The molecule has 2 aromatic carbocycles. The van der Waals surface area contributed by atoms with Crippen LogP contribution in [0.3, 0.4) is 0 Å². The molecule has 1 aromatic heterocycles. The molecule has 0 amide bonds. The van der Waals surface area contributed by atoms with Gasteiger partial charge in [-0.15, -0.1) is 0 Å². The van der Waals surface area contributed by atoms with Gasteiger partial charge in [0.05, 0.1) is 6.20 Å². The fourth-order valence-corrected chi connectivity index (χ4v) is 2.09. The van der Waals surface area contributed by atoms with Gasteiger partial charge in [-0.3, -0.25) is 5.41 Å². The molecule has 0 unspecified atom stereocenters. The first-order valence-electron chi connectivity index (χ1n) is 6.39. The zero-order valence-corrected chi connectivity index (χ0v) is 11.1. The smallest absolute Gasteiger partial charge is 0.149 e. The summed E-state index contributed by atoms with van der Waals surface area (Å²) in [7, 11) is 0. The number of hydrogen-bond donors (Lipinski definition) is 2. The zero-order chi connectivity index (χ0) is 14.8. The molecule has 104 valence electrons. The van der Waals surface area contributed by atoms with Crippen LogP contribution in [0.2, 0.25) is 0 Å². The maximum atomic E-state index is 14.1. The molecule has 0 atom stereocenters. The van der Waals surface area contributed by atoms with Crippen LogP contribution in [-0.2, 0) is 0 Å². The van der Waals surface area contributed by atoms with Gasteiger partial charge in [-0.1, -0.05) is 30.3 Å². The standard InChI is InChI=1S/C16H13FN4/c17-14-8-12(16(18)19)6-7-15(14)21-10-13(9-20-21)11-4-2-1-3-5-11/h1-10H,(H3,18,19). The Bertz CT molecular complexity index is 793. The summed E-state index contributed by atoms with van der Waals surface area (Å²) in [6.07, 6.45) is 3.45. The molecule has 0 aliphatic carbocycles. The second kappa shape index (κ2) is 5.20. The van der Waals surface area contributed by atoms with Crippen molar-refractivity contribution in [2.24, 2.45) is 5.73 Å². The lowest BCUT2D eigenvalue weighted by Gasteiger charge is -2.05. The van der Waals surface area contributed by atoms with E-state index in [-0.39, 0.29) is 5.84 Å². The molecule has 0 aliphatic rings. The molecule has 0 saturated carbocycles. The average molecular weight is 280 g/mol. The van der Waals surface area contributed by atoms with E-state index in [2.05, 4.69) is 5.10 Å². The van der Waals surface area contributed by atoms with Gasteiger partial charge in [-0.2, -0.15) is 5.10 Å². The van der Waals surface area contributed by atoms with Crippen LogP contribution in [0.4, 0.5) is 4.39 Å². The molecular formula is C16H13FN4. The van der Waals surface area contributed by atoms with E-state index in [1.807, 2.05) is 30.3 Å². The van der Waals surface area contributed by atoms with Gasteiger partial charge in [0.2, 0.25) is 0 Å². The fourth-order valence-electron chi connectivity index (χ4n) is 2.09. The van der Waals surface area contributed by atoms with Crippen LogP contribution < -0.4 is 5.73 Å². The van der Waals surface area contributed by atoms with Gasteiger partial charge in [0, 0.05) is 17.3 Å². The highest BCUT2D eigenvalue weighted by atomic mass is 19.1. The zero-order valence-electron chi connectivity index (χ0n) is 11.1. The second-order valence-electron chi connectivity index (χ2n) is 4.62. The summed E-state index contributed by atoms with van der Waals surface area (Å²) in [6.45, 7) is 0. The van der Waals surface area contributed by atoms with Crippen molar-refractivity contribution < 1.29 is 4.39 Å². The maximum Gasteiger partial charge on any atom is 0.149 e. The lowest BCUT2D eigenvalue weighted by molar-refractivity contribution is 0.610. The lowest BCUT2D eigenvalue weighted by atomic mass is 10.1. The quantitative estimate of drug-likeness (QED) is 0.572. The normalized spacial score (nSPS) is 10.5. The molecule has 0 aliphatic heterocycles. The third-order valence-electron chi connectivity index (χ3n) is 3.20. The molecule has 0 fully saturated rings. The van der Waals surface area contributed by atoms with E-state index >= 15 is 0 Å². The average Bonchev–Trinajstić information content (AvgIpc) is 2.97. The molecule has 5 heteroatoms. The summed E-state index contributed by atoms with van der Waals surface area (Å²) in [4.78, 5) is 0. The number of nitrogen functional groups attached to an aromatic ring is 1. The van der Waals surface area contributed by atoms with Gasteiger partial charge in [0.15, 0.2) is 0 Å². The number of nitrogens with two attached hydrogens (primary N) is 1. The van der Waals surface area contributed by atoms with Gasteiger partial charge < -0.3 is 5.73 Å². The molecule has 3 rings (SSSR count). The van der Waals surface area contributed by atoms with Crippen molar-refractivity contribution in [3.8, 4) is 16.8 Å². The van der Waals surface area contributed by atoms with Crippen molar-refractivity contribution in [1.29, 1.82) is 5.41 Å². The molecule has 1 heterocycles. The SMILES string of the molecule is N=C(N)c1ccc(-n2cc(-c3ccccc3)cn2)c(F)c1. The molecule has 3 aromatic rings. The maximum absolute atomic E-state index is 14.1. The monoisotopic (exact) mass is 280 g/mol. The highest BCUT2D eigenvalue weighted by Crippen LogP contribution is 2.21. The first-order chi connectivity index (χ1) is 10.1. The summed E-state index contributed by atoms with van der Waals surface area (Å²) in [6, 6.07) is 14.2. The summed E-state index contributed by atoms with van der Waals surface area (Å²) in [5.74, 6) is -0.628. The van der Waals surface area contributed by atoms with Crippen LogP contribution in [0, 0.1) is 11.2 Å². The van der Waals surface area contributed by atoms with E-state index in [0.29, 0.717) is 11.3 Å². The van der Waals surface area contributed by atoms with Crippen molar-refractivity contribution in [2.75, 3.05) is 0 Å². The van der Waals surface area contributed by atoms with Gasteiger partial charge >= 0.3 is 0 Å². The van der Waals surface area contributed by atoms with Gasteiger partial charge in [0.25, 0.3) is 0 Å². The first-order valence-corrected chi connectivity index (χ1v) is 6.39. The van der Waals surface area contributed by atoms with E-state index < -0.39 is 5.82 Å². The summed E-state index contributed by atoms with van der Waals surface area (Å²) < 4.78 is 15.6. The minimum atomic E-state index is -0.467. The number of aromatic nitrogens is 2. The van der Waals surface area contributed by atoms with Crippen molar-refractivity contribution in [1.82, 2.24) is 9.78 Å². The van der Waals surface area contributed by atoms with Crippen LogP contribution in [0.15, 0.2) is 60.9 Å². The number of nitrogens with zero attached hydrogens (tertiary/aromatic N) is 2. The molecular weight excluding hydrogens is 267 g/mol. The number of benzene rings is 2. The summed E-state index contributed by atoms with van der Waals surface area (Å²) >= 11 is 0. The van der Waals surface area contributed by atoms with Crippen molar-refractivity contribution in [3.05, 3.63) is 72.3 Å². The predicted molar refractivity (Wildman–Crippen MR) is 80.0 cm³/mol. The van der Waals surface area contributed by atoms with Crippen molar-refractivity contribution in [3.63, 3.8) is 0 Å². The van der Waals surface area contributed by atoms with Crippen molar-refractivity contribution in [2.45, 2.75) is 0 Å². The number of hydrogen-bond acceptors (Lipinski definition) is 2. The van der Waals surface area contributed by atoms with E-state index in [1.165, 1.54) is 10.7 Å². The van der Waals surface area contributed by atoms with E-state index in [9.17, 15) is 4.39 Å². The predicted octanol–water partition coefficient (Wildman–Crippen LogP) is 2.96. The van der Waals surface area contributed by atoms with Gasteiger partial charge in [0.1, 0.15) is 17.3 Å². The largest absolute Gasteiger partial charge is 0.384 e. The van der Waals surface area contributed by atoms with E-state index in [1.54, 1.807) is 24.5 Å². The molecule has 3 N–H and O–H groups in total. The lowest BCUT2D eigenvalue weighted by Crippen LogP contribution is -2.12. The van der Waals surface area contributed by atoms with Crippen LogP contribution in [0.25, 0.3) is 16.8 Å². The number of halogens is 1. The highest BCUT2D eigenvalue weighted by Gasteiger charge is 2.09. The van der Waals surface area contributed by atoms with Crippen LogP contribution in [0.5, 0.6) is 0 Å². The Morgan fingerprint density at radius 2 is 1.86 bits per heavy atom. The summed E-state index contributed by atoms with van der Waals surface area (Å²) in [5, 5.41) is 11.5. The first kappa shape index (κ1) is 13.1. The Balaban J connectivity index is 1.99. The van der Waals surface area contributed by atoms with Crippen LogP contribution in [0.1, 0.15) is 5.56 Å². The van der Waals surface area contributed by atoms with Crippen molar-refractivity contribution >= 4 is 5.84 Å². The molecule has 0 radical (unpaired) electrons. The Morgan fingerprint density at radius 1 is 1.10 bits per heavy atom. The number of rotatable bonds is 3. The highest BCUT2D eigenvalue weighted by molar-refractivity contribution is 5.95. The third kappa shape index (κ3) is 2.53.